The lowest BCUT2D eigenvalue weighted by Gasteiger charge is -2.59. The lowest BCUT2D eigenvalue weighted by atomic mass is 9.48. The van der Waals surface area contributed by atoms with Crippen LogP contribution >= 0.6 is 23.2 Å². The summed E-state index contributed by atoms with van der Waals surface area (Å²) in [5.41, 5.74) is 2.75. The van der Waals surface area contributed by atoms with Crippen molar-refractivity contribution in [3.05, 3.63) is 63.6 Å². The highest BCUT2D eigenvalue weighted by atomic mass is 35.5. The molecule has 160 valence electrons. The van der Waals surface area contributed by atoms with E-state index in [9.17, 15) is 0 Å². The third-order valence-corrected chi connectivity index (χ3v) is 8.51. The van der Waals surface area contributed by atoms with Crippen molar-refractivity contribution in [2.75, 3.05) is 0 Å². The van der Waals surface area contributed by atoms with E-state index in [2.05, 4.69) is 30.4 Å². The first kappa shape index (κ1) is 20.7. The third kappa shape index (κ3) is 4.24. The molecule has 4 aliphatic rings. The molecule has 0 spiro atoms. The molecule has 1 N–H and O–H groups in total. The second kappa shape index (κ2) is 8.37. The fourth-order valence-electron chi connectivity index (χ4n) is 6.74. The molecular weight excluding hydrogens is 413 g/mol. The van der Waals surface area contributed by atoms with E-state index in [1.54, 1.807) is 6.07 Å². The van der Waals surface area contributed by atoms with Crippen LogP contribution in [0.1, 0.15) is 56.6 Å². The maximum atomic E-state index is 6.27. The van der Waals surface area contributed by atoms with E-state index < -0.39 is 0 Å². The minimum absolute atomic E-state index is 0.441. The number of halogens is 2. The molecule has 0 heterocycles. The van der Waals surface area contributed by atoms with Crippen LogP contribution in [0.3, 0.4) is 0 Å². The molecule has 0 saturated heterocycles. The third-order valence-electron chi connectivity index (χ3n) is 7.92. The Morgan fingerprint density at radius 2 is 1.70 bits per heavy atom. The van der Waals surface area contributed by atoms with Crippen LogP contribution in [0.15, 0.2) is 42.5 Å². The fourth-order valence-corrected chi connectivity index (χ4v) is 7.20. The molecule has 1 atom stereocenters. The average Bonchev–Trinajstić information content (AvgIpc) is 2.71. The van der Waals surface area contributed by atoms with Crippen LogP contribution < -0.4 is 10.1 Å². The van der Waals surface area contributed by atoms with E-state index in [0.717, 1.165) is 35.6 Å². The Kier molecular flexibility index (Phi) is 5.77. The number of rotatable bonds is 7. The van der Waals surface area contributed by atoms with Crippen LogP contribution in [-0.4, -0.2) is 6.04 Å². The van der Waals surface area contributed by atoms with Crippen molar-refractivity contribution in [2.45, 2.75) is 64.6 Å². The van der Waals surface area contributed by atoms with Gasteiger partial charge in [-0.25, -0.2) is 0 Å². The number of benzene rings is 2. The number of hydrogen-bond donors (Lipinski definition) is 1. The maximum Gasteiger partial charge on any atom is 0.120 e. The zero-order valence-electron chi connectivity index (χ0n) is 17.7. The maximum absolute atomic E-state index is 6.27. The highest BCUT2D eigenvalue weighted by molar-refractivity contribution is 6.35. The summed E-state index contributed by atoms with van der Waals surface area (Å²) in [7, 11) is 0. The van der Waals surface area contributed by atoms with Crippen LogP contribution in [0.5, 0.6) is 5.75 Å². The lowest BCUT2D eigenvalue weighted by Crippen LogP contribution is -2.54. The van der Waals surface area contributed by atoms with Gasteiger partial charge in [0.15, 0.2) is 0 Å². The van der Waals surface area contributed by atoms with Crippen LogP contribution in [0.4, 0.5) is 0 Å². The molecule has 30 heavy (non-hydrogen) atoms. The molecular formula is C26H31Cl2NO. The topological polar surface area (TPSA) is 21.3 Å². The smallest absolute Gasteiger partial charge is 0.120 e. The first-order valence-corrected chi connectivity index (χ1v) is 12.1. The highest BCUT2D eigenvalue weighted by Gasteiger charge is 2.52. The molecule has 2 aromatic carbocycles. The van der Waals surface area contributed by atoms with E-state index in [1.807, 2.05) is 18.2 Å². The molecule has 0 aliphatic heterocycles. The SMILES string of the molecule is C[C@@H](NCc1cccc(OCc2ccc(Cl)cc2Cl)c1)C12CC3CC(CC(C3)C1)C2. The predicted octanol–water partition coefficient (Wildman–Crippen LogP) is 7.27. The van der Waals surface area contributed by atoms with Gasteiger partial charge in [0.1, 0.15) is 12.4 Å². The minimum atomic E-state index is 0.441. The number of nitrogens with one attached hydrogen (secondary N) is 1. The van der Waals surface area contributed by atoms with Crippen molar-refractivity contribution in [2.24, 2.45) is 23.2 Å². The quantitative estimate of drug-likeness (QED) is 0.485. The molecule has 6 rings (SSSR count). The second-order valence-corrected chi connectivity index (χ2v) is 10.9. The summed E-state index contributed by atoms with van der Waals surface area (Å²) in [6.45, 7) is 3.76. The van der Waals surface area contributed by atoms with E-state index in [-0.39, 0.29) is 0 Å². The summed E-state index contributed by atoms with van der Waals surface area (Å²) >= 11 is 12.2. The first-order chi connectivity index (χ1) is 14.5. The van der Waals surface area contributed by atoms with Crippen molar-refractivity contribution in [3.63, 3.8) is 0 Å². The Balaban J connectivity index is 1.19. The van der Waals surface area contributed by atoms with Crippen molar-refractivity contribution in [1.29, 1.82) is 0 Å². The van der Waals surface area contributed by atoms with Crippen LogP contribution in [0.25, 0.3) is 0 Å². The van der Waals surface area contributed by atoms with E-state index in [4.69, 9.17) is 27.9 Å². The summed E-state index contributed by atoms with van der Waals surface area (Å²) in [5, 5.41) is 5.17. The Bertz CT molecular complexity index is 876. The van der Waals surface area contributed by atoms with E-state index in [0.29, 0.717) is 28.1 Å². The molecule has 2 nitrogen and oxygen atoms in total. The molecule has 0 aromatic heterocycles. The van der Waals surface area contributed by atoms with Crippen LogP contribution in [-0.2, 0) is 13.2 Å². The Labute approximate surface area is 190 Å². The predicted molar refractivity (Wildman–Crippen MR) is 124 cm³/mol. The summed E-state index contributed by atoms with van der Waals surface area (Å²) in [6.07, 6.45) is 8.84. The van der Waals surface area contributed by atoms with Gasteiger partial charge < -0.3 is 10.1 Å². The lowest BCUT2D eigenvalue weighted by molar-refractivity contribution is -0.0706. The zero-order chi connectivity index (χ0) is 20.7. The second-order valence-electron chi connectivity index (χ2n) is 10.1. The largest absolute Gasteiger partial charge is 0.489 e. The summed E-state index contributed by atoms with van der Waals surface area (Å²) < 4.78 is 6.01. The summed E-state index contributed by atoms with van der Waals surface area (Å²) in [6, 6.07) is 14.5. The average molecular weight is 444 g/mol. The van der Waals surface area contributed by atoms with Gasteiger partial charge in [0.05, 0.1) is 0 Å². The van der Waals surface area contributed by atoms with E-state index in [1.165, 1.54) is 44.1 Å². The van der Waals surface area contributed by atoms with Gasteiger partial charge in [-0.1, -0.05) is 41.4 Å². The van der Waals surface area contributed by atoms with Gasteiger partial charge in [-0.3, -0.25) is 0 Å². The molecule has 4 aliphatic carbocycles. The molecule has 4 bridgehead atoms. The minimum Gasteiger partial charge on any atom is -0.489 e. The van der Waals surface area contributed by atoms with Crippen molar-refractivity contribution < 1.29 is 4.74 Å². The number of ether oxygens (including phenoxy) is 1. The van der Waals surface area contributed by atoms with Crippen molar-refractivity contribution in [3.8, 4) is 5.75 Å². The van der Waals surface area contributed by atoms with Gasteiger partial charge in [0.2, 0.25) is 0 Å². The Morgan fingerprint density at radius 1 is 1.00 bits per heavy atom. The molecule has 0 unspecified atom stereocenters. The van der Waals surface area contributed by atoms with Gasteiger partial charge in [-0.2, -0.15) is 0 Å². The molecule has 2 aromatic rings. The normalized spacial score (nSPS) is 30.4. The number of hydrogen-bond acceptors (Lipinski definition) is 2. The van der Waals surface area contributed by atoms with Gasteiger partial charge >= 0.3 is 0 Å². The van der Waals surface area contributed by atoms with Crippen molar-refractivity contribution in [1.82, 2.24) is 5.32 Å². The van der Waals surface area contributed by atoms with Crippen molar-refractivity contribution >= 4 is 23.2 Å². The van der Waals surface area contributed by atoms with Gasteiger partial charge in [0.25, 0.3) is 0 Å². The van der Waals surface area contributed by atoms with Gasteiger partial charge in [-0.05, 0) is 98.4 Å². The van der Waals surface area contributed by atoms with Crippen LogP contribution in [0, 0.1) is 23.2 Å². The summed E-state index contributed by atoms with van der Waals surface area (Å²) in [4.78, 5) is 0. The summed E-state index contributed by atoms with van der Waals surface area (Å²) in [5.74, 6) is 3.87. The van der Waals surface area contributed by atoms with Crippen LogP contribution in [0.2, 0.25) is 10.0 Å². The fraction of sp³-hybridized carbons (Fsp3) is 0.538. The molecule has 4 heteroatoms. The monoisotopic (exact) mass is 443 g/mol. The Hall–Kier alpha value is -1.22. The Morgan fingerprint density at radius 3 is 2.37 bits per heavy atom. The van der Waals surface area contributed by atoms with Gasteiger partial charge in [-0.15, -0.1) is 0 Å². The first-order valence-electron chi connectivity index (χ1n) is 11.4. The molecule has 0 amide bonds. The molecule has 4 saturated carbocycles. The van der Waals surface area contributed by atoms with Gasteiger partial charge in [0, 0.05) is 28.2 Å². The molecule has 4 fully saturated rings. The van der Waals surface area contributed by atoms with E-state index >= 15 is 0 Å². The zero-order valence-corrected chi connectivity index (χ0v) is 19.2. The standard InChI is InChI=1S/C26H31Cl2NO/c1-17(26-12-19-7-20(13-26)9-21(8-19)14-26)29-15-18-3-2-4-24(10-18)30-16-22-5-6-23(27)11-25(22)28/h2-6,10-11,17,19-21,29H,7-9,12-16H2,1H3/t17-,19?,20?,21?,26?/m1/s1. The molecule has 0 radical (unpaired) electrons. The highest BCUT2D eigenvalue weighted by Crippen LogP contribution is 2.61.